The maximum atomic E-state index is 10.00. The molecule has 0 bridgehead atoms. The van der Waals surface area contributed by atoms with Crippen molar-refractivity contribution in [3.05, 3.63) is 59.7 Å². The van der Waals surface area contributed by atoms with Crippen molar-refractivity contribution in [3.8, 4) is 0 Å². The van der Waals surface area contributed by atoms with Crippen LogP contribution < -0.4 is 10.9 Å². The molecule has 2 aromatic rings. The molecule has 180 valence electrons. The van der Waals surface area contributed by atoms with Gasteiger partial charge < -0.3 is 28.5 Å². The summed E-state index contributed by atoms with van der Waals surface area (Å²) in [6.07, 6.45) is -2.33. The van der Waals surface area contributed by atoms with Crippen LogP contribution in [0.4, 0.5) is 0 Å². The Kier molecular flexibility index (Phi) is 6.20. The number of rotatable bonds is 3. The topological polar surface area (TPSA) is 66.4 Å². The second-order valence-corrected chi connectivity index (χ2v) is 11.6. The maximum Gasteiger partial charge on any atom is 0.496 e. The van der Waals surface area contributed by atoms with E-state index in [1.54, 1.807) is 0 Å². The van der Waals surface area contributed by atoms with Crippen molar-refractivity contribution in [1.82, 2.24) is 0 Å². The van der Waals surface area contributed by atoms with E-state index >= 15 is 0 Å². The van der Waals surface area contributed by atoms with Gasteiger partial charge in [0.05, 0.1) is 12.7 Å². The summed E-state index contributed by atoms with van der Waals surface area (Å²) < 4.78 is 31.0. The number of aliphatic hydroxyl groups excluding tert-OH is 1. The Morgan fingerprint density at radius 1 is 0.647 bits per heavy atom. The highest BCUT2D eigenvalue weighted by Crippen LogP contribution is 2.38. The first-order valence-corrected chi connectivity index (χ1v) is 12.1. The highest BCUT2D eigenvalue weighted by Gasteiger charge is 2.59. The third-order valence-electron chi connectivity index (χ3n) is 6.97. The van der Waals surface area contributed by atoms with E-state index in [0.29, 0.717) is 0 Å². The molecule has 3 saturated heterocycles. The van der Waals surface area contributed by atoms with Gasteiger partial charge in [0.1, 0.15) is 18.3 Å². The standard InChI is InChI=1S/C26H34B2O6/c1-25(2,3)16-7-11-18(12-8-16)27-31-20(15-29)21-22(32-27)23-24(30-21)34-28(33-23)19-13-9-17(10-14-19)26(4,5)6/h7-14,20-24,29H,15H2,1-6H3/t20-,21-,22+,23-,24-/m1/s1. The van der Waals surface area contributed by atoms with E-state index in [-0.39, 0.29) is 17.4 Å². The molecule has 8 heteroatoms. The van der Waals surface area contributed by atoms with Crippen molar-refractivity contribution in [2.75, 3.05) is 6.61 Å². The Morgan fingerprint density at radius 3 is 1.59 bits per heavy atom. The first-order chi connectivity index (χ1) is 16.0. The molecule has 0 saturated carbocycles. The SMILES string of the molecule is CC(C)(C)c1ccc(B2O[C@H]3O[C@H]4[C@H](OB(c5ccc(C(C)(C)C)cc5)O[C@@H]4CO)[C@H]3O2)cc1. The Hall–Kier alpha value is -1.67. The van der Waals surface area contributed by atoms with E-state index in [9.17, 15) is 5.11 Å². The number of fused-ring (bicyclic) bond motifs is 3. The molecule has 5 rings (SSSR count). The Bertz CT molecular complexity index is 998. The zero-order valence-corrected chi connectivity index (χ0v) is 20.9. The summed E-state index contributed by atoms with van der Waals surface area (Å²) >= 11 is 0. The van der Waals surface area contributed by atoms with Gasteiger partial charge in [0, 0.05) is 0 Å². The zero-order valence-electron chi connectivity index (χ0n) is 20.9. The Morgan fingerprint density at radius 2 is 1.12 bits per heavy atom. The molecule has 1 N–H and O–H groups in total. The molecule has 2 aromatic carbocycles. The van der Waals surface area contributed by atoms with Gasteiger partial charge >= 0.3 is 14.2 Å². The third-order valence-corrected chi connectivity index (χ3v) is 6.97. The molecule has 3 aliphatic rings. The number of aliphatic hydroxyl groups is 1. The minimum Gasteiger partial charge on any atom is -0.399 e. The third kappa shape index (κ3) is 4.48. The lowest BCUT2D eigenvalue weighted by Crippen LogP contribution is -2.58. The minimum absolute atomic E-state index is 0.0627. The molecule has 5 atom stereocenters. The second kappa shape index (κ2) is 8.77. The Balaban J connectivity index is 1.32. The van der Waals surface area contributed by atoms with Crippen LogP contribution in [0.3, 0.4) is 0 Å². The van der Waals surface area contributed by atoms with E-state index in [2.05, 4.69) is 65.8 Å². The largest absolute Gasteiger partial charge is 0.496 e. The van der Waals surface area contributed by atoms with Crippen molar-refractivity contribution >= 4 is 25.2 Å². The molecule has 0 spiro atoms. The van der Waals surface area contributed by atoms with Crippen LogP contribution in [0.2, 0.25) is 0 Å². The lowest BCUT2D eigenvalue weighted by molar-refractivity contribution is -0.137. The summed E-state index contributed by atoms with van der Waals surface area (Å²) in [7, 11) is -1.13. The molecule has 34 heavy (non-hydrogen) atoms. The first kappa shape index (κ1) is 24.0. The van der Waals surface area contributed by atoms with E-state index in [0.717, 1.165) is 10.9 Å². The van der Waals surface area contributed by atoms with Crippen LogP contribution in [0.5, 0.6) is 0 Å². The average molecular weight is 464 g/mol. The molecular formula is C26H34B2O6. The first-order valence-electron chi connectivity index (χ1n) is 12.1. The van der Waals surface area contributed by atoms with Crippen LogP contribution in [0, 0.1) is 0 Å². The Labute approximate surface area is 203 Å². The van der Waals surface area contributed by atoms with Crippen molar-refractivity contribution in [3.63, 3.8) is 0 Å². The molecule has 0 radical (unpaired) electrons. The van der Waals surface area contributed by atoms with Crippen LogP contribution in [0.1, 0.15) is 52.7 Å². The predicted octanol–water partition coefficient (Wildman–Crippen LogP) is 2.29. The predicted molar refractivity (Wildman–Crippen MR) is 133 cm³/mol. The molecule has 0 amide bonds. The van der Waals surface area contributed by atoms with E-state index in [1.165, 1.54) is 11.1 Å². The van der Waals surface area contributed by atoms with Gasteiger partial charge in [-0.25, -0.2) is 0 Å². The fourth-order valence-corrected chi connectivity index (χ4v) is 4.81. The van der Waals surface area contributed by atoms with Gasteiger partial charge in [-0.05, 0) is 32.9 Å². The highest BCUT2D eigenvalue weighted by atomic mass is 16.8. The van der Waals surface area contributed by atoms with Crippen molar-refractivity contribution in [2.45, 2.75) is 83.1 Å². The van der Waals surface area contributed by atoms with Gasteiger partial charge in [0.15, 0.2) is 6.29 Å². The summed E-state index contributed by atoms with van der Waals surface area (Å²) in [5.41, 5.74) is 4.49. The van der Waals surface area contributed by atoms with Crippen LogP contribution >= 0.6 is 0 Å². The highest BCUT2D eigenvalue weighted by molar-refractivity contribution is 6.62. The van der Waals surface area contributed by atoms with Crippen molar-refractivity contribution in [2.24, 2.45) is 0 Å². The number of hydrogen-bond donors (Lipinski definition) is 1. The van der Waals surface area contributed by atoms with E-state index in [4.69, 9.17) is 23.4 Å². The van der Waals surface area contributed by atoms with Crippen LogP contribution in [-0.4, -0.2) is 56.7 Å². The molecule has 3 aliphatic heterocycles. The molecule has 3 fully saturated rings. The van der Waals surface area contributed by atoms with Crippen molar-refractivity contribution in [1.29, 1.82) is 0 Å². The summed E-state index contributed by atoms with van der Waals surface area (Å²) in [6, 6.07) is 16.6. The molecular weight excluding hydrogens is 430 g/mol. The molecule has 6 nitrogen and oxygen atoms in total. The van der Waals surface area contributed by atoms with Gasteiger partial charge in [0.2, 0.25) is 0 Å². The lowest BCUT2D eigenvalue weighted by Gasteiger charge is -2.37. The molecule has 3 heterocycles. The number of benzene rings is 2. The summed E-state index contributed by atoms with van der Waals surface area (Å²) in [5.74, 6) is 0. The van der Waals surface area contributed by atoms with Gasteiger partial charge in [0.25, 0.3) is 0 Å². The van der Waals surface area contributed by atoms with Crippen LogP contribution in [0.25, 0.3) is 0 Å². The van der Waals surface area contributed by atoms with Crippen molar-refractivity contribution < 1.29 is 28.5 Å². The normalized spacial score (nSPS) is 29.3. The number of ether oxygens (including phenoxy) is 1. The summed E-state index contributed by atoms with van der Waals surface area (Å²) in [6.45, 7) is 13.0. The quantitative estimate of drug-likeness (QED) is 0.704. The smallest absolute Gasteiger partial charge is 0.399 e. The molecule has 0 unspecified atom stereocenters. The number of hydrogen-bond acceptors (Lipinski definition) is 6. The van der Waals surface area contributed by atoms with Gasteiger partial charge in [-0.15, -0.1) is 0 Å². The summed E-state index contributed by atoms with van der Waals surface area (Å²) in [5, 5.41) is 10.00. The molecule has 0 aromatic heterocycles. The summed E-state index contributed by atoms with van der Waals surface area (Å²) in [4.78, 5) is 0. The minimum atomic E-state index is -0.608. The lowest BCUT2D eigenvalue weighted by atomic mass is 9.74. The fourth-order valence-electron chi connectivity index (χ4n) is 4.81. The van der Waals surface area contributed by atoms with Gasteiger partial charge in [-0.3, -0.25) is 0 Å². The van der Waals surface area contributed by atoms with Crippen LogP contribution in [-0.2, 0) is 34.2 Å². The van der Waals surface area contributed by atoms with Gasteiger partial charge in [-0.2, -0.15) is 0 Å². The second-order valence-electron chi connectivity index (χ2n) is 11.6. The maximum absolute atomic E-state index is 10.00. The van der Waals surface area contributed by atoms with Gasteiger partial charge in [-0.1, -0.05) is 90.1 Å². The van der Waals surface area contributed by atoms with E-state index < -0.39 is 44.9 Å². The monoisotopic (exact) mass is 464 g/mol. The molecule has 0 aliphatic carbocycles. The average Bonchev–Trinajstić information content (AvgIpc) is 3.36. The zero-order chi connectivity index (χ0) is 24.3. The fraction of sp³-hybridized carbons (Fsp3) is 0.538. The van der Waals surface area contributed by atoms with E-state index in [1.807, 2.05) is 24.3 Å². The van der Waals surface area contributed by atoms with Crippen LogP contribution in [0.15, 0.2) is 48.5 Å².